The second kappa shape index (κ2) is 10.9. The fourth-order valence-electron chi connectivity index (χ4n) is 5.69. The van der Waals surface area contributed by atoms with Crippen molar-refractivity contribution in [1.29, 1.82) is 0 Å². The highest BCUT2D eigenvalue weighted by atomic mass is 16.1. The van der Waals surface area contributed by atoms with E-state index in [4.69, 9.17) is 0 Å². The summed E-state index contributed by atoms with van der Waals surface area (Å²) in [6, 6.07) is 15.5. The third kappa shape index (κ3) is 5.81. The summed E-state index contributed by atoms with van der Waals surface area (Å²) >= 11 is 0. The minimum Gasteiger partial charge on any atom is -0.376 e. The molecule has 1 saturated carbocycles. The van der Waals surface area contributed by atoms with Gasteiger partial charge < -0.3 is 10.6 Å². The fraction of sp³-hybridized carbons (Fsp3) is 0.552. The second-order valence-corrected chi connectivity index (χ2v) is 10.5. The molecule has 2 fully saturated rings. The van der Waals surface area contributed by atoms with Crippen molar-refractivity contribution in [3.05, 3.63) is 64.7 Å². The number of piperidine rings is 1. The topological polar surface area (TPSA) is 47.6 Å². The summed E-state index contributed by atoms with van der Waals surface area (Å²) < 4.78 is 0. The summed E-state index contributed by atoms with van der Waals surface area (Å²) in [6.07, 6.45) is 7.79. The second-order valence-electron chi connectivity index (χ2n) is 10.5. The Balaban J connectivity index is 1.14. The number of hydrogen-bond acceptors (Lipinski definition) is 4. The maximum absolute atomic E-state index is 12.7. The van der Waals surface area contributed by atoms with E-state index in [1.165, 1.54) is 74.0 Å². The van der Waals surface area contributed by atoms with Gasteiger partial charge in [0.1, 0.15) is 0 Å². The van der Waals surface area contributed by atoms with Gasteiger partial charge in [0, 0.05) is 37.9 Å². The molecule has 5 rings (SSSR count). The average Bonchev–Trinajstić information content (AvgIpc) is 3.70. The summed E-state index contributed by atoms with van der Waals surface area (Å²) in [7, 11) is 0. The number of benzene rings is 2. The lowest BCUT2D eigenvalue weighted by Crippen LogP contribution is -2.34. The predicted octanol–water partition coefficient (Wildman–Crippen LogP) is 4.73. The Morgan fingerprint density at radius 1 is 1.03 bits per heavy atom. The van der Waals surface area contributed by atoms with Crippen LogP contribution in [0.1, 0.15) is 67.3 Å². The van der Waals surface area contributed by atoms with E-state index in [9.17, 15) is 4.79 Å². The van der Waals surface area contributed by atoms with Crippen molar-refractivity contribution in [3.8, 4) is 0 Å². The van der Waals surface area contributed by atoms with Gasteiger partial charge in [-0.2, -0.15) is 0 Å². The molecule has 1 saturated heterocycles. The van der Waals surface area contributed by atoms with Crippen molar-refractivity contribution in [1.82, 2.24) is 15.1 Å². The highest BCUT2D eigenvalue weighted by Gasteiger charge is 2.27. The Morgan fingerprint density at radius 3 is 2.68 bits per heavy atom. The quantitative estimate of drug-likeness (QED) is 0.568. The lowest BCUT2D eigenvalue weighted by molar-refractivity contribution is -0.119. The lowest BCUT2D eigenvalue weighted by Gasteiger charge is -2.33. The van der Waals surface area contributed by atoms with Gasteiger partial charge in [0.25, 0.3) is 0 Å². The van der Waals surface area contributed by atoms with Crippen LogP contribution in [0.25, 0.3) is 0 Å². The Kier molecular flexibility index (Phi) is 7.51. The Labute approximate surface area is 204 Å². The van der Waals surface area contributed by atoms with Crippen LogP contribution in [0.3, 0.4) is 0 Å². The largest absolute Gasteiger partial charge is 0.376 e. The van der Waals surface area contributed by atoms with Gasteiger partial charge in [0.2, 0.25) is 5.91 Å². The monoisotopic (exact) mass is 460 g/mol. The number of fused-ring (bicyclic) bond motifs is 1. The molecule has 5 nitrogen and oxygen atoms in total. The number of hydrogen-bond donors (Lipinski definition) is 2. The summed E-state index contributed by atoms with van der Waals surface area (Å²) in [5.41, 5.74) is 6.49. The molecule has 2 aliphatic heterocycles. The summed E-state index contributed by atoms with van der Waals surface area (Å²) in [5, 5.41) is 6.58. The zero-order valence-corrected chi connectivity index (χ0v) is 20.7. The minimum absolute atomic E-state index is 0.0456. The van der Waals surface area contributed by atoms with Crippen LogP contribution in [0.4, 0.5) is 5.69 Å². The number of amides is 1. The van der Waals surface area contributed by atoms with E-state index in [1.54, 1.807) is 0 Å². The maximum atomic E-state index is 12.7. The molecular formula is C29H40N4O. The van der Waals surface area contributed by atoms with E-state index >= 15 is 0 Å². The molecule has 1 amide bonds. The third-order valence-corrected chi connectivity index (χ3v) is 7.92. The zero-order chi connectivity index (χ0) is 23.3. The van der Waals surface area contributed by atoms with Gasteiger partial charge in [0.05, 0.1) is 6.54 Å². The molecule has 2 heterocycles. The van der Waals surface area contributed by atoms with E-state index in [0.717, 1.165) is 31.1 Å². The van der Waals surface area contributed by atoms with Gasteiger partial charge in [-0.3, -0.25) is 14.6 Å². The Morgan fingerprint density at radius 2 is 1.85 bits per heavy atom. The van der Waals surface area contributed by atoms with Gasteiger partial charge in [-0.25, -0.2) is 0 Å². The number of likely N-dealkylation sites (tertiary alicyclic amines) is 1. The van der Waals surface area contributed by atoms with Crippen molar-refractivity contribution >= 4 is 11.6 Å². The van der Waals surface area contributed by atoms with Gasteiger partial charge in [-0.15, -0.1) is 0 Å². The van der Waals surface area contributed by atoms with Crippen molar-refractivity contribution in [2.24, 2.45) is 5.92 Å². The lowest BCUT2D eigenvalue weighted by atomic mass is 9.97. The van der Waals surface area contributed by atoms with E-state index in [-0.39, 0.29) is 5.91 Å². The number of carbonyl (C=O) groups is 1. The van der Waals surface area contributed by atoms with Crippen LogP contribution in [-0.4, -0.2) is 48.4 Å². The van der Waals surface area contributed by atoms with Gasteiger partial charge in [-0.1, -0.05) is 42.8 Å². The first-order valence-corrected chi connectivity index (χ1v) is 13.3. The average molecular weight is 461 g/mol. The number of carbonyl (C=O) groups excluding carboxylic acids is 1. The first-order valence-electron chi connectivity index (χ1n) is 13.3. The van der Waals surface area contributed by atoms with E-state index < -0.39 is 0 Å². The van der Waals surface area contributed by atoms with Crippen LogP contribution in [-0.2, 0) is 24.3 Å². The SMILES string of the molecule is CC(c1ccccc1CNC(=O)CNc1cccc2c1CCN(CC1CC1)C2)N1CCCCC1. The van der Waals surface area contributed by atoms with E-state index in [2.05, 4.69) is 69.8 Å². The summed E-state index contributed by atoms with van der Waals surface area (Å²) in [4.78, 5) is 17.9. The van der Waals surface area contributed by atoms with Gasteiger partial charge in [0.15, 0.2) is 0 Å². The first kappa shape index (κ1) is 23.4. The highest BCUT2D eigenvalue weighted by Crippen LogP contribution is 2.33. The molecule has 34 heavy (non-hydrogen) atoms. The first-order chi connectivity index (χ1) is 16.7. The number of nitrogens with one attached hydrogen (secondary N) is 2. The molecule has 2 aromatic carbocycles. The number of anilines is 1. The van der Waals surface area contributed by atoms with Crippen molar-refractivity contribution < 1.29 is 4.79 Å². The molecular weight excluding hydrogens is 420 g/mol. The smallest absolute Gasteiger partial charge is 0.239 e. The third-order valence-electron chi connectivity index (χ3n) is 7.92. The molecule has 1 atom stereocenters. The summed E-state index contributed by atoms with van der Waals surface area (Å²) in [6.45, 7) is 8.95. The number of rotatable bonds is 9. The predicted molar refractivity (Wildman–Crippen MR) is 139 cm³/mol. The van der Waals surface area contributed by atoms with Crippen LogP contribution >= 0.6 is 0 Å². The van der Waals surface area contributed by atoms with Crippen molar-refractivity contribution in [3.63, 3.8) is 0 Å². The van der Waals surface area contributed by atoms with E-state index in [1.807, 2.05) is 0 Å². The molecule has 1 aliphatic carbocycles. The maximum Gasteiger partial charge on any atom is 0.239 e. The fourth-order valence-corrected chi connectivity index (χ4v) is 5.69. The van der Waals surface area contributed by atoms with Gasteiger partial charge in [-0.05, 0) is 86.4 Å². The standard InChI is InChI=1S/C29H40N4O/c1-22(33-15-5-2-6-16-33)26-10-4-3-8-24(26)18-31-29(34)19-30-28-11-7-9-25-21-32(17-14-27(25)28)20-23-12-13-23/h3-4,7-11,22-23,30H,2,5-6,12-21H2,1H3,(H,31,34). The minimum atomic E-state index is 0.0456. The molecule has 2 aromatic rings. The summed E-state index contributed by atoms with van der Waals surface area (Å²) in [5.74, 6) is 0.976. The number of nitrogens with zero attached hydrogens (tertiary/aromatic N) is 2. The normalized spacial score (nSPS) is 19.9. The van der Waals surface area contributed by atoms with Crippen molar-refractivity contribution in [2.45, 2.75) is 64.6 Å². The molecule has 0 bridgehead atoms. The highest BCUT2D eigenvalue weighted by molar-refractivity contribution is 5.81. The Bertz CT molecular complexity index is 980. The van der Waals surface area contributed by atoms with E-state index in [0.29, 0.717) is 19.1 Å². The molecule has 0 radical (unpaired) electrons. The van der Waals surface area contributed by atoms with Crippen LogP contribution in [0.15, 0.2) is 42.5 Å². The molecule has 2 N–H and O–H groups in total. The van der Waals surface area contributed by atoms with Crippen LogP contribution in [0.5, 0.6) is 0 Å². The molecule has 1 unspecified atom stereocenters. The molecule has 0 aromatic heterocycles. The molecule has 5 heteroatoms. The molecule has 0 spiro atoms. The van der Waals surface area contributed by atoms with Crippen LogP contribution < -0.4 is 10.6 Å². The van der Waals surface area contributed by atoms with Crippen LogP contribution in [0, 0.1) is 5.92 Å². The zero-order valence-electron chi connectivity index (χ0n) is 20.7. The van der Waals surface area contributed by atoms with Crippen molar-refractivity contribution in [2.75, 3.05) is 38.0 Å². The van der Waals surface area contributed by atoms with Crippen LogP contribution in [0.2, 0.25) is 0 Å². The Hall–Kier alpha value is -2.37. The van der Waals surface area contributed by atoms with Gasteiger partial charge >= 0.3 is 0 Å². The molecule has 3 aliphatic rings. The molecule has 182 valence electrons.